The molecule has 1 aromatic carbocycles. The van der Waals surface area contributed by atoms with Crippen molar-refractivity contribution in [3.63, 3.8) is 0 Å². The lowest BCUT2D eigenvalue weighted by Crippen LogP contribution is -2.34. The number of nitrogens with two attached hydrogens (primary N) is 1. The van der Waals surface area contributed by atoms with Gasteiger partial charge in [-0.15, -0.1) is 0 Å². The fourth-order valence-corrected chi connectivity index (χ4v) is 2.75. The zero-order chi connectivity index (χ0) is 14.5. The van der Waals surface area contributed by atoms with E-state index in [4.69, 9.17) is 5.73 Å². The standard InChI is InChI=1S/C17H26N2O/c1-12(2)14-5-7-15(8-6-14)17(20)19-11-13-3-9-16(18)10-4-13/h5-8,12-13,16H,3-4,9-11,18H2,1-2H3,(H,19,20). The van der Waals surface area contributed by atoms with Gasteiger partial charge < -0.3 is 11.1 Å². The Labute approximate surface area is 121 Å². The van der Waals surface area contributed by atoms with E-state index < -0.39 is 0 Å². The second kappa shape index (κ2) is 6.89. The molecule has 1 aliphatic rings. The highest BCUT2D eigenvalue weighted by Gasteiger charge is 2.19. The van der Waals surface area contributed by atoms with E-state index in [-0.39, 0.29) is 5.91 Å². The molecule has 3 nitrogen and oxygen atoms in total. The molecule has 1 fully saturated rings. The number of amides is 1. The van der Waals surface area contributed by atoms with Crippen molar-refractivity contribution in [2.24, 2.45) is 11.7 Å². The van der Waals surface area contributed by atoms with Gasteiger partial charge in [-0.1, -0.05) is 26.0 Å². The van der Waals surface area contributed by atoms with Gasteiger partial charge in [0.25, 0.3) is 5.91 Å². The highest BCUT2D eigenvalue weighted by atomic mass is 16.1. The Balaban J connectivity index is 1.82. The lowest BCUT2D eigenvalue weighted by Gasteiger charge is -2.26. The lowest BCUT2D eigenvalue weighted by molar-refractivity contribution is 0.0943. The van der Waals surface area contributed by atoms with Crippen LogP contribution in [0.3, 0.4) is 0 Å². The summed E-state index contributed by atoms with van der Waals surface area (Å²) in [5.41, 5.74) is 7.91. The summed E-state index contributed by atoms with van der Waals surface area (Å²) in [5.74, 6) is 1.13. The second-order valence-corrected chi connectivity index (χ2v) is 6.27. The minimum atomic E-state index is 0.0372. The van der Waals surface area contributed by atoms with Crippen molar-refractivity contribution in [2.75, 3.05) is 6.54 Å². The van der Waals surface area contributed by atoms with E-state index in [0.717, 1.165) is 37.8 Å². The summed E-state index contributed by atoms with van der Waals surface area (Å²) in [5, 5.41) is 3.05. The first-order valence-corrected chi connectivity index (χ1v) is 7.70. The highest BCUT2D eigenvalue weighted by molar-refractivity contribution is 5.94. The number of carbonyl (C=O) groups is 1. The molecule has 0 aliphatic heterocycles. The number of hydrogen-bond donors (Lipinski definition) is 2. The quantitative estimate of drug-likeness (QED) is 0.886. The molecule has 0 radical (unpaired) electrons. The Bertz CT molecular complexity index is 431. The van der Waals surface area contributed by atoms with Gasteiger partial charge in [-0.3, -0.25) is 4.79 Å². The van der Waals surface area contributed by atoms with Crippen molar-refractivity contribution >= 4 is 5.91 Å². The molecule has 0 atom stereocenters. The molecule has 1 aliphatic carbocycles. The Morgan fingerprint density at radius 2 is 1.80 bits per heavy atom. The van der Waals surface area contributed by atoms with Crippen molar-refractivity contribution in [3.05, 3.63) is 35.4 Å². The van der Waals surface area contributed by atoms with Crippen LogP contribution >= 0.6 is 0 Å². The maximum absolute atomic E-state index is 12.1. The molecule has 0 heterocycles. The summed E-state index contributed by atoms with van der Waals surface area (Å²) in [6, 6.07) is 8.28. The maximum atomic E-state index is 12.1. The minimum absolute atomic E-state index is 0.0372. The van der Waals surface area contributed by atoms with Crippen LogP contribution in [0.1, 0.15) is 61.4 Å². The van der Waals surface area contributed by atoms with Crippen molar-refractivity contribution < 1.29 is 4.79 Å². The predicted octanol–water partition coefficient (Wildman–Crippen LogP) is 3.06. The molecule has 1 saturated carbocycles. The van der Waals surface area contributed by atoms with E-state index in [1.807, 2.05) is 24.3 Å². The third-order valence-electron chi connectivity index (χ3n) is 4.28. The SMILES string of the molecule is CC(C)c1ccc(C(=O)NCC2CCC(N)CC2)cc1. The van der Waals surface area contributed by atoms with Crippen LogP contribution < -0.4 is 11.1 Å². The summed E-state index contributed by atoms with van der Waals surface area (Å²) < 4.78 is 0. The van der Waals surface area contributed by atoms with Crippen LogP contribution in [0.4, 0.5) is 0 Å². The number of nitrogens with one attached hydrogen (secondary N) is 1. The summed E-state index contributed by atoms with van der Waals surface area (Å²) >= 11 is 0. The fraction of sp³-hybridized carbons (Fsp3) is 0.588. The zero-order valence-corrected chi connectivity index (χ0v) is 12.6. The van der Waals surface area contributed by atoms with Crippen molar-refractivity contribution in [3.8, 4) is 0 Å². The fourth-order valence-electron chi connectivity index (χ4n) is 2.75. The number of hydrogen-bond acceptors (Lipinski definition) is 2. The summed E-state index contributed by atoms with van der Waals surface area (Å²) in [4.78, 5) is 12.1. The third kappa shape index (κ3) is 4.07. The first-order valence-electron chi connectivity index (χ1n) is 7.70. The Hall–Kier alpha value is -1.35. The molecule has 0 saturated heterocycles. The number of rotatable bonds is 4. The summed E-state index contributed by atoms with van der Waals surface area (Å²) in [6.07, 6.45) is 4.44. The molecule has 1 amide bonds. The first-order chi connectivity index (χ1) is 9.56. The second-order valence-electron chi connectivity index (χ2n) is 6.27. The van der Waals surface area contributed by atoms with E-state index in [2.05, 4.69) is 19.2 Å². The molecule has 3 heteroatoms. The van der Waals surface area contributed by atoms with Gasteiger partial charge >= 0.3 is 0 Å². The molecule has 2 rings (SSSR count). The van der Waals surface area contributed by atoms with E-state index in [0.29, 0.717) is 17.9 Å². The normalized spacial score (nSPS) is 22.8. The monoisotopic (exact) mass is 274 g/mol. The van der Waals surface area contributed by atoms with E-state index in [1.165, 1.54) is 5.56 Å². The van der Waals surface area contributed by atoms with Gasteiger partial charge in [0.2, 0.25) is 0 Å². The van der Waals surface area contributed by atoms with E-state index in [9.17, 15) is 4.79 Å². The largest absolute Gasteiger partial charge is 0.352 e. The summed E-state index contributed by atoms with van der Waals surface area (Å²) in [6.45, 7) is 5.09. The van der Waals surface area contributed by atoms with Gasteiger partial charge in [0.05, 0.1) is 0 Å². The minimum Gasteiger partial charge on any atom is -0.352 e. The average molecular weight is 274 g/mol. The lowest BCUT2D eigenvalue weighted by atomic mass is 9.86. The van der Waals surface area contributed by atoms with Crippen LogP contribution in [-0.4, -0.2) is 18.5 Å². The van der Waals surface area contributed by atoms with Crippen molar-refractivity contribution in [1.29, 1.82) is 0 Å². The van der Waals surface area contributed by atoms with Crippen LogP contribution in [0.5, 0.6) is 0 Å². The predicted molar refractivity (Wildman–Crippen MR) is 82.8 cm³/mol. The molecular weight excluding hydrogens is 248 g/mol. The van der Waals surface area contributed by atoms with Crippen LogP contribution in [0.25, 0.3) is 0 Å². The van der Waals surface area contributed by atoms with Crippen LogP contribution in [0, 0.1) is 5.92 Å². The smallest absolute Gasteiger partial charge is 0.251 e. The third-order valence-corrected chi connectivity index (χ3v) is 4.28. The van der Waals surface area contributed by atoms with Gasteiger partial charge in [0.1, 0.15) is 0 Å². The number of benzene rings is 1. The molecule has 20 heavy (non-hydrogen) atoms. The van der Waals surface area contributed by atoms with Crippen LogP contribution in [-0.2, 0) is 0 Å². The van der Waals surface area contributed by atoms with Gasteiger partial charge in [-0.25, -0.2) is 0 Å². The van der Waals surface area contributed by atoms with Gasteiger partial charge in [0.15, 0.2) is 0 Å². The van der Waals surface area contributed by atoms with E-state index >= 15 is 0 Å². The van der Waals surface area contributed by atoms with Gasteiger partial charge in [0, 0.05) is 18.2 Å². The first kappa shape index (κ1) is 15.0. The van der Waals surface area contributed by atoms with Crippen LogP contribution in [0.15, 0.2) is 24.3 Å². The Kier molecular flexibility index (Phi) is 5.18. The summed E-state index contributed by atoms with van der Waals surface area (Å²) in [7, 11) is 0. The highest BCUT2D eigenvalue weighted by Crippen LogP contribution is 2.22. The van der Waals surface area contributed by atoms with Gasteiger partial charge in [-0.2, -0.15) is 0 Å². The molecule has 0 aromatic heterocycles. The Morgan fingerprint density at radius 1 is 1.20 bits per heavy atom. The Morgan fingerprint density at radius 3 is 2.35 bits per heavy atom. The van der Waals surface area contributed by atoms with Crippen LogP contribution in [0.2, 0.25) is 0 Å². The van der Waals surface area contributed by atoms with Crippen molar-refractivity contribution in [1.82, 2.24) is 5.32 Å². The molecular formula is C17H26N2O. The van der Waals surface area contributed by atoms with Crippen molar-refractivity contribution in [2.45, 2.75) is 51.5 Å². The molecule has 0 spiro atoms. The molecule has 3 N–H and O–H groups in total. The topological polar surface area (TPSA) is 55.1 Å². The molecule has 1 aromatic rings. The van der Waals surface area contributed by atoms with Gasteiger partial charge in [-0.05, 0) is 55.2 Å². The molecule has 0 unspecified atom stereocenters. The zero-order valence-electron chi connectivity index (χ0n) is 12.6. The number of carbonyl (C=O) groups excluding carboxylic acids is 1. The molecule has 0 bridgehead atoms. The molecule has 110 valence electrons. The maximum Gasteiger partial charge on any atom is 0.251 e. The average Bonchev–Trinajstić information content (AvgIpc) is 2.46. The van der Waals surface area contributed by atoms with E-state index in [1.54, 1.807) is 0 Å².